The Morgan fingerprint density at radius 3 is 2.53 bits per heavy atom. The summed E-state index contributed by atoms with van der Waals surface area (Å²) in [5, 5.41) is 2.75. The summed E-state index contributed by atoms with van der Waals surface area (Å²) in [5.74, 6) is 0.0320. The van der Waals surface area contributed by atoms with Gasteiger partial charge in [-0.3, -0.25) is 4.79 Å². The van der Waals surface area contributed by atoms with Crippen molar-refractivity contribution in [3.05, 3.63) is 54.4 Å². The monoisotopic (exact) mass is 462 g/mol. The van der Waals surface area contributed by atoms with Gasteiger partial charge in [0.2, 0.25) is 5.88 Å². The third kappa shape index (κ3) is 7.67. The summed E-state index contributed by atoms with van der Waals surface area (Å²) < 4.78 is 39.8. The molecule has 1 atom stereocenters. The minimum Gasteiger partial charge on any atom is -0.472 e. The SMILES string of the molecule is CN/C=C\C(N)=NC(=O)c1cc(Oc2ccc(S(C)(=O)=O)cc2)cc(OC(C)COC)n1. The summed E-state index contributed by atoms with van der Waals surface area (Å²) in [7, 11) is -0.112. The second-order valence-corrected chi connectivity index (χ2v) is 8.74. The van der Waals surface area contributed by atoms with Crippen LogP contribution in [0.1, 0.15) is 17.4 Å². The number of carbonyl (C=O) groups is 1. The lowest BCUT2D eigenvalue weighted by Gasteiger charge is -2.15. The van der Waals surface area contributed by atoms with Crippen LogP contribution in [-0.4, -0.2) is 58.3 Å². The Balaban J connectivity index is 2.37. The summed E-state index contributed by atoms with van der Waals surface area (Å²) >= 11 is 0. The Morgan fingerprint density at radius 1 is 1.25 bits per heavy atom. The lowest BCUT2D eigenvalue weighted by Crippen LogP contribution is -2.19. The average molecular weight is 463 g/mol. The number of rotatable bonds is 10. The van der Waals surface area contributed by atoms with Crippen LogP contribution >= 0.6 is 0 Å². The number of pyridine rings is 1. The molecule has 1 aromatic carbocycles. The molecule has 11 heteroatoms. The summed E-state index contributed by atoms with van der Waals surface area (Å²) in [5.41, 5.74) is 5.67. The van der Waals surface area contributed by atoms with E-state index in [1.54, 1.807) is 14.0 Å². The van der Waals surface area contributed by atoms with Crippen LogP contribution in [0, 0.1) is 0 Å². The van der Waals surface area contributed by atoms with Crippen molar-refractivity contribution in [1.82, 2.24) is 10.3 Å². The van der Waals surface area contributed by atoms with Gasteiger partial charge < -0.3 is 25.3 Å². The summed E-state index contributed by atoms with van der Waals surface area (Å²) in [6, 6.07) is 8.75. The normalized spacial score (nSPS) is 13.1. The molecule has 0 aliphatic carbocycles. The lowest BCUT2D eigenvalue weighted by atomic mass is 10.3. The van der Waals surface area contributed by atoms with Gasteiger partial charge >= 0.3 is 0 Å². The van der Waals surface area contributed by atoms with Crippen molar-refractivity contribution < 1.29 is 27.4 Å². The van der Waals surface area contributed by atoms with E-state index in [0.29, 0.717) is 12.4 Å². The van der Waals surface area contributed by atoms with Gasteiger partial charge in [-0.05, 0) is 43.5 Å². The molecule has 1 aromatic heterocycles. The number of amides is 1. The number of nitrogens with zero attached hydrogens (tertiary/aromatic N) is 2. The molecule has 1 unspecified atom stereocenters. The highest BCUT2D eigenvalue weighted by atomic mass is 32.2. The highest BCUT2D eigenvalue weighted by Crippen LogP contribution is 2.27. The third-order valence-corrected chi connectivity index (χ3v) is 4.99. The van der Waals surface area contributed by atoms with Gasteiger partial charge in [-0.1, -0.05) is 0 Å². The number of methoxy groups -OCH3 is 1. The number of hydrogen-bond acceptors (Lipinski definition) is 8. The first kappa shape index (κ1) is 24.8. The Morgan fingerprint density at radius 2 is 1.94 bits per heavy atom. The molecule has 1 amide bonds. The largest absolute Gasteiger partial charge is 0.472 e. The second kappa shape index (κ2) is 11.3. The van der Waals surface area contributed by atoms with E-state index in [-0.39, 0.29) is 34.2 Å². The fourth-order valence-corrected chi connectivity index (χ4v) is 3.09. The van der Waals surface area contributed by atoms with Crippen LogP contribution in [0.4, 0.5) is 0 Å². The molecule has 2 rings (SSSR count). The molecule has 0 fully saturated rings. The molecule has 0 bridgehead atoms. The predicted molar refractivity (Wildman–Crippen MR) is 120 cm³/mol. The molecular formula is C21H26N4O6S. The number of sulfone groups is 1. The number of benzene rings is 1. The van der Waals surface area contributed by atoms with Crippen molar-refractivity contribution in [2.45, 2.75) is 17.9 Å². The number of carbonyl (C=O) groups excluding carboxylic acids is 1. The van der Waals surface area contributed by atoms with E-state index in [4.69, 9.17) is 19.9 Å². The van der Waals surface area contributed by atoms with Crippen LogP contribution in [-0.2, 0) is 14.6 Å². The first-order chi connectivity index (χ1) is 15.1. The van der Waals surface area contributed by atoms with Crippen molar-refractivity contribution in [1.29, 1.82) is 0 Å². The molecular weight excluding hydrogens is 436 g/mol. The molecule has 0 aliphatic heterocycles. The smallest absolute Gasteiger partial charge is 0.297 e. The van der Waals surface area contributed by atoms with E-state index in [0.717, 1.165) is 6.26 Å². The van der Waals surface area contributed by atoms with E-state index in [1.807, 2.05) is 0 Å². The van der Waals surface area contributed by atoms with Crippen LogP contribution in [0.5, 0.6) is 17.4 Å². The topological polar surface area (TPSA) is 142 Å². The van der Waals surface area contributed by atoms with E-state index in [1.165, 1.54) is 55.8 Å². The van der Waals surface area contributed by atoms with Crippen LogP contribution in [0.15, 0.2) is 58.6 Å². The zero-order valence-corrected chi connectivity index (χ0v) is 19.0. The minimum atomic E-state index is -3.33. The molecule has 10 nitrogen and oxygen atoms in total. The van der Waals surface area contributed by atoms with Crippen LogP contribution in [0.2, 0.25) is 0 Å². The number of amidine groups is 1. The number of hydrogen-bond donors (Lipinski definition) is 2. The van der Waals surface area contributed by atoms with Crippen LogP contribution in [0.3, 0.4) is 0 Å². The molecule has 0 aliphatic rings. The maximum absolute atomic E-state index is 12.6. The number of nitrogens with two attached hydrogens (primary N) is 1. The Kier molecular flexibility index (Phi) is 8.73. The maximum Gasteiger partial charge on any atom is 0.297 e. The number of nitrogens with one attached hydrogen (secondary N) is 1. The van der Waals surface area contributed by atoms with Gasteiger partial charge in [0, 0.05) is 32.5 Å². The van der Waals surface area contributed by atoms with Crippen molar-refractivity contribution in [2.75, 3.05) is 27.0 Å². The van der Waals surface area contributed by atoms with Gasteiger partial charge in [0.15, 0.2) is 9.84 Å². The van der Waals surface area contributed by atoms with Crippen molar-refractivity contribution in [3.63, 3.8) is 0 Å². The number of aliphatic imine (C=N–C) groups is 1. The Bertz CT molecular complexity index is 1100. The van der Waals surface area contributed by atoms with Gasteiger partial charge in [0.1, 0.15) is 29.1 Å². The molecule has 0 saturated heterocycles. The molecule has 0 radical (unpaired) electrons. The first-order valence-electron chi connectivity index (χ1n) is 9.50. The maximum atomic E-state index is 12.6. The fourth-order valence-electron chi connectivity index (χ4n) is 2.46. The van der Waals surface area contributed by atoms with Gasteiger partial charge in [-0.25, -0.2) is 13.4 Å². The highest BCUT2D eigenvalue weighted by molar-refractivity contribution is 7.90. The van der Waals surface area contributed by atoms with E-state index in [2.05, 4.69) is 15.3 Å². The molecule has 0 spiro atoms. The average Bonchev–Trinajstić information content (AvgIpc) is 2.72. The standard InChI is InChI=1S/C21H26N4O6S/c1-14(13-29-3)30-20-12-16(31-15-5-7-17(8-6-15)32(4,27)28)11-18(24-20)21(26)25-19(22)9-10-23-2/h5-12,14,23H,13H2,1-4H3,(H2,22,25,26)/b10-9-. The molecule has 172 valence electrons. The van der Waals surface area contributed by atoms with E-state index in [9.17, 15) is 13.2 Å². The second-order valence-electron chi connectivity index (χ2n) is 6.72. The Labute approximate surface area is 187 Å². The molecule has 0 saturated carbocycles. The van der Waals surface area contributed by atoms with Gasteiger partial charge in [-0.2, -0.15) is 4.99 Å². The molecule has 32 heavy (non-hydrogen) atoms. The quantitative estimate of drug-likeness (QED) is 0.400. The van der Waals surface area contributed by atoms with Gasteiger partial charge in [0.25, 0.3) is 5.91 Å². The highest BCUT2D eigenvalue weighted by Gasteiger charge is 2.15. The summed E-state index contributed by atoms with van der Waals surface area (Å²) in [4.78, 5) is 20.7. The van der Waals surface area contributed by atoms with Crippen molar-refractivity contribution in [2.24, 2.45) is 10.7 Å². The summed E-state index contributed by atoms with van der Waals surface area (Å²) in [6.45, 7) is 2.09. The number of aromatic nitrogens is 1. The van der Waals surface area contributed by atoms with Gasteiger partial charge in [-0.15, -0.1) is 0 Å². The van der Waals surface area contributed by atoms with Crippen molar-refractivity contribution in [3.8, 4) is 17.4 Å². The van der Waals surface area contributed by atoms with E-state index < -0.39 is 15.7 Å². The van der Waals surface area contributed by atoms with E-state index >= 15 is 0 Å². The van der Waals surface area contributed by atoms with Crippen LogP contribution in [0.25, 0.3) is 0 Å². The zero-order valence-electron chi connectivity index (χ0n) is 18.2. The predicted octanol–water partition coefficient (Wildman–Crippen LogP) is 1.92. The molecule has 3 N–H and O–H groups in total. The summed E-state index contributed by atoms with van der Waals surface area (Å²) in [6.07, 6.45) is 3.73. The first-order valence-corrected chi connectivity index (χ1v) is 11.4. The van der Waals surface area contributed by atoms with Crippen molar-refractivity contribution >= 4 is 21.6 Å². The van der Waals surface area contributed by atoms with Crippen LogP contribution < -0.4 is 20.5 Å². The Hall–Kier alpha value is -3.44. The van der Waals surface area contributed by atoms with Gasteiger partial charge in [0.05, 0.1) is 11.5 Å². The minimum absolute atomic E-state index is 0.0101. The lowest BCUT2D eigenvalue weighted by molar-refractivity contribution is 0.0879. The molecule has 1 heterocycles. The molecule has 2 aromatic rings. The fraction of sp³-hybridized carbons (Fsp3) is 0.286. The zero-order chi connectivity index (χ0) is 23.7. The third-order valence-electron chi connectivity index (χ3n) is 3.86. The number of ether oxygens (including phenoxy) is 3.